The van der Waals surface area contributed by atoms with E-state index in [4.69, 9.17) is 5.32 Å². The van der Waals surface area contributed by atoms with E-state index in [2.05, 4.69) is 48.5 Å². The first-order valence-corrected chi connectivity index (χ1v) is 6.42. The zero-order valence-electron chi connectivity index (χ0n) is 15.0. The molecule has 0 aromatic rings. The fraction of sp³-hybridized carbons (Fsp3) is 0.824. The van der Waals surface area contributed by atoms with Gasteiger partial charge < -0.3 is 27.6 Å². The largest absolute Gasteiger partial charge is 4.00 e. The molecule has 0 N–H and O–H groups in total. The first kappa shape index (κ1) is 28.1. The van der Waals surface area contributed by atoms with E-state index in [1.165, 1.54) is 0 Å². The molecular formula is C17H37NZr. The molecule has 19 heavy (non-hydrogen) atoms. The van der Waals surface area contributed by atoms with Crippen LogP contribution in [0.2, 0.25) is 0 Å². The average Bonchev–Trinajstić information content (AvgIpc) is 2.28. The molecule has 0 aromatic carbocycles. The zero-order chi connectivity index (χ0) is 11.8. The van der Waals surface area contributed by atoms with Gasteiger partial charge in [0.05, 0.1) is 0 Å². The summed E-state index contributed by atoms with van der Waals surface area (Å²) in [6, 6.07) is 0. The van der Waals surface area contributed by atoms with Crippen LogP contribution in [0.15, 0.2) is 0 Å². The fourth-order valence-corrected chi connectivity index (χ4v) is 2.93. The molecule has 0 aromatic heterocycles. The van der Waals surface area contributed by atoms with Crippen LogP contribution in [0.4, 0.5) is 0 Å². The second-order valence-electron chi connectivity index (χ2n) is 6.61. The summed E-state index contributed by atoms with van der Waals surface area (Å²) in [6.45, 7) is 17.3. The number of hydrogen-bond donors (Lipinski definition) is 0. The van der Waals surface area contributed by atoms with Crippen LogP contribution in [0.3, 0.4) is 0 Å². The Kier molecular flexibility index (Phi) is 15.6. The number of hydrogen-bond acceptors (Lipinski definition) is 0. The van der Waals surface area contributed by atoms with Gasteiger partial charge in [0.2, 0.25) is 0 Å². The predicted octanol–water partition coefficient (Wildman–Crippen LogP) is 5.68. The van der Waals surface area contributed by atoms with Crippen molar-refractivity contribution in [1.29, 1.82) is 0 Å². The van der Waals surface area contributed by atoms with E-state index >= 15 is 0 Å². The molecule has 0 aliphatic heterocycles. The van der Waals surface area contributed by atoms with Crippen molar-refractivity contribution in [3.8, 4) is 0 Å². The molecule has 0 spiro atoms. The minimum atomic E-state index is 0. The summed E-state index contributed by atoms with van der Waals surface area (Å²) >= 11 is 0. The van der Waals surface area contributed by atoms with Gasteiger partial charge in [-0.3, -0.25) is 0 Å². The molecule has 4 unspecified atom stereocenters. The predicted molar refractivity (Wildman–Crippen MR) is 87.4 cm³/mol. The van der Waals surface area contributed by atoms with Crippen molar-refractivity contribution < 1.29 is 26.2 Å². The van der Waals surface area contributed by atoms with E-state index in [1.54, 1.807) is 0 Å². The molecule has 1 rings (SSSR count). The van der Waals surface area contributed by atoms with Gasteiger partial charge in [0, 0.05) is 0 Å². The second kappa shape index (κ2) is 10.6. The van der Waals surface area contributed by atoms with Crippen LogP contribution >= 0.6 is 0 Å². The molecule has 1 aliphatic rings. The summed E-state index contributed by atoms with van der Waals surface area (Å²) in [5, 5.41) is 4.81. The van der Waals surface area contributed by atoms with Gasteiger partial charge in [0.15, 0.2) is 0 Å². The quantitative estimate of drug-likeness (QED) is 0.571. The van der Waals surface area contributed by atoms with Crippen molar-refractivity contribution in [2.45, 2.75) is 54.0 Å². The summed E-state index contributed by atoms with van der Waals surface area (Å²) in [4.78, 5) is 0. The van der Waals surface area contributed by atoms with Crippen molar-refractivity contribution in [1.82, 2.24) is 0 Å². The van der Waals surface area contributed by atoms with Gasteiger partial charge in [-0.1, -0.05) is 54.4 Å². The van der Waals surface area contributed by atoms with Crippen LogP contribution in [0.1, 0.15) is 48.5 Å². The van der Waals surface area contributed by atoms with Crippen molar-refractivity contribution >= 4 is 0 Å². The van der Waals surface area contributed by atoms with E-state index in [-0.39, 0.29) is 54.0 Å². The third-order valence-corrected chi connectivity index (χ3v) is 4.62. The Hall–Kier alpha value is 0.843. The van der Waals surface area contributed by atoms with E-state index in [0.717, 1.165) is 36.1 Å². The van der Waals surface area contributed by atoms with Crippen molar-refractivity contribution in [2.75, 3.05) is 6.54 Å². The van der Waals surface area contributed by atoms with Gasteiger partial charge in [0.25, 0.3) is 0 Å². The number of nitrogens with zero attached hydrogens (tertiary/aromatic N) is 1. The molecule has 2 heteroatoms. The minimum Gasteiger partial charge on any atom is -0.657 e. The smallest absolute Gasteiger partial charge is 0.657 e. The monoisotopic (exact) mass is 345 g/mol. The molecule has 0 heterocycles. The topological polar surface area (TPSA) is 14.1 Å². The fourth-order valence-electron chi connectivity index (χ4n) is 2.93. The molecule has 0 radical (unpaired) electrons. The van der Waals surface area contributed by atoms with Gasteiger partial charge in [-0.05, 0) is 23.7 Å². The average molecular weight is 347 g/mol. The third kappa shape index (κ3) is 7.42. The molecule has 1 aliphatic carbocycles. The van der Waals surface area contributed by atoms with Crippen molar-refractivity contribution in [2.24, 2.45) is 29.6 Å². The SMILES string of the molecule is CC1C(C)C(C)C(C[N-]C(C)(C)C)C1C.[CH3-].[CH3-].[CH3-].[Zr+4]. The molecule has 0 bridgehead atoms. The van der Waals surface area contributed by atoms with Gasteiger partial charge in [0.1, 0.15) is 0 Å². The maximum Gasteiger partial charge on any atom is 4.00 e. The summed E-state index contributed by atoms with van der Waals surface area (Å²) in [5.74, 6) is 4.19. The maximum atomic E-state index is 4.81. The van der Waals surface area contributed by atoms with Crippen LogP contribution in [-0.4, -0.2) is 12.1 Å². The van der Waals surface area contributed by atoms with E-state index in [0.29, 0.717) is 0 Å². The minimum absolute atomic E-state index is 0. The van der Waals surface area contributed by atoms with Crippen molar-refractivity contribution in [3.05, 3.63) is 27.6 Å². The van der Waals surface area contributed by atoms with Crippen LogP contribution in [0.25, 0.3) is 5.32 Å². The molecule has 0 saturated heterocycles. The first-order chi connectivity index (χ1) is 6.74. The van der Waals surface area contributed by atoms with Crippen LogP contribution in [-0.2, 0) is 26.2 Å². The molecular weight excluding hydrogens is 309 g/mol. The molecule has 1 nitrogen and oxygen atoms in total. The molecule has 4 atom stereocenters. The Morgan fingerprint density at radius 1 is 0.737 bits per heavy atom. The van der Waals surface area contributed by atoms with Crippen molar-refractivity contribution in [3.63, 3.8) is 0 Å². The maximum absolute atomic E-state index is 4.81. The molecule has 1 saturated carbocycles. The summed E-state index contributed by atoms with van der Waals surface area (Å²) < 4.78 is 0. The van der Waals surface area contributed by atoms with Crippen LogP contribution < -0.4 is 0 Å². The Labute approximate surface area is 143 Å². The number of rotatable bonds is 2. The van der Waals surface area contributed by atoms with Crippen LogP contribution in [0.5, 0.6) is 0 Å². The van der Waals surface area contributed by atoms with E-state index in [9.17, 15) is 0 Å². The van der Waals surface area contributed by atoms with Gasteiger partial charge >= 0.3 is 26.2 Å². The van der Waals surface area contributed by atoms with Gasteiger partial charge in [-0.15, -0.1) is 12.1 Å². The Morgan fingerprint density at radius 2 is 1.05 bits per heavy atom. The Bertz CT molecular complexity index is 196. The second-order valence-corrected chi connectivity index (χ2v) is 6.61. The van der Waals surface area contributed by atoms with E-state index in [1.807, 2.05) is 0 Å². The summed E-state index contributed by atoms with van der Waals surface area (Å²) in [5.41, 5.74) is 0.133. The van der Waals surface area contributed by atoms with Gasteiger partial charge in [-0.25, -0.2) is 0 Å². The Morgan fingerprint density at radius 3 is 1.32 bits per heavy atom. The molecule has 114 valence electrons. The molecule has 0 amide bonds. The summed E-state index contributed by atoms with van der Waals surface area (Å²) in [7, 11) is 0. The molecule has 1 fully saturated rings. The first-order valence-electron chi connectivity index (χ1n) is 6.42. The van der Waals surface area contributed by atoms with Gasteiger partial charge in [-0.2, -0.15) is 0 Å². The summed E-state index contributed by atoms with van der Waals surface area (Å²) in [6.07, 6.45) is 0. The Balaban J connectivity index is -0.000000281. The third-order valence-electron chi connectivity index (χ3n) is 4.62. The zero-order valence-corrected chi connectivity index (χ0v) is 17.5. The standard InChI is InChI=1S/C14H28N.3CH3.Zr/c1-9-10(2)12(4)13(11(9)3)8-15-14(5,6)7;;;;/h9-13H,8H2,1-7H3;3*1H3;/q4*-1;+4. The van der Waals surface area contributed by atoms with E-state index < -0.39 is 0 Å². The normalized spacial score (nSPS) is 33.3. The van der Waals surface area contributed by atoms with Crippen LogP contribution in [0, 0.1) is 51.9 Å².